The Balaban J connectivity index is 0.00000108. The summed E-state index contributed by atoms with van der Waals surface area (Å²) in [6.45, 7) is 1.93. The van der Waals surface area contributed by atoms with Gasteiger partial charge in [-0.2, -0.15) is 0 Å². The molecule has 0 aromatic rings. The van der Waals surface area contributed by atoms with Crippen LogP contribution in [0.5, 0.6) is 0 Å². The Morgan fingerprint density at radius 2 is 1.94 bits per heavy atom. The lowest BCUT2D eigenvalue weighted by Crippen LogP contribution is -2.35. The minimum Gasteiger partial charge on any atom is -0.342 e. The Morgan fingerprint density at radius 3 is 2.53 bits per heavy atom. The van der Waals surface area contributed by atoms with Crippen LogP contribution in [0.1, 0.15) is 38.5 Å². The fourth-order valence-corrected chi connectivity index (χ4v) is 3.58. The summed E-state index contributed by atoms with van der Waals surface area (Å²) in [7, 11) is 0. The average Bonchev–Trinajstić information content (AvgIpc) is 2.75. The maximum Gasteiger partial charge on any atom is 0.222 e. The predicted molar refractivity (Wildman–Crippen MR) is 70.0 cm³/mol. The molecule has 0 bridgehead atoms. The first kappa shape index (κ1) is 13.2. The minimum atomic E-state index is 0. The highest BCUT2D eigenvalue weighted by Gasteiger charge is 2.42. The molecular formula is C13H23ClN2O. The highest BCUT2D eigenvalue weighted by atomic mass is 35.5. The lowest BCUT2D eigenvalue weighted by atomic mass is 9.83. The van der Waals surface area contributed by atoms with E-state index in [-0.39, 0.29) is 12.4 Å². The van der Waals surface area contributed by atoms with Crippen LogP contribution in [0.25, 0.3) is 0 Å². The topological polar surface area (TPSA) is 46.3 Å². The first-order valence-electron chi connectivity index (χ1n) is 6.77. The van der Waals surface area contributed by atoms with Crippen molar-refractivity contribution in [1.29, 1.82) is 0 Å². The summed E-state index contributed by atoms with van der Waals surface area (Å²) in [4.78, 5) is 14.2. The van der Waals surface area contributed by atoms with Crippen molar-refractivity contribution in [2.45, 2.75) is 44.6 Å². The zero-order valence-electron chi connectivity index (χ0n) is 10.3. The molecule has 3 fully saturated rings. The lowest BCUT2D eigenvalue weighted by Gasteiger charge is -2.27. The monoisotopic (exact) mass is 258 g/mol. The summed E-state index contributed by atoms with van der Waals surface area (Å²) >= 11 is 0. The summed E-state index contributed by atoms with van der Waals surface area (Å²) in [6, 6.07) is 0.353. The van der Waals surface area contributed by atoms with Crippen LogP contribution in [-0.2, 0) is 4.79 Å². The van der Waals surface area contributed by atoms with Crippen LogP contribution in [0.15, 0.2) is 0 Å². The summed E-state index contributed by atoms with van der Waals surface area (Å²) in [5, 5.41) is 0. The number of fused-ring (bicyclic) bond motifs is 1. The number of nitrogens with two attached hydrogens (primary N) is 1. The molecule has 2 N–H and O–H groups in total. The number of halogens is 1. The molecule has 1 aliphatic heterocycles. The molecule has 0 radical (unpaired) electrons. The SMILES string of the molecule is Cl.NC1CCC2CN(C(=O)CC3CCC3)CC12. The second-order valence-electron chi connectivity index (χ2n) is 5.96. The van der Waals surface area contributed by atoms with Gasteiger partial charge in [-0.3, -0.25) is 4.79 Å². The highest BCUT2D eigenvalue weighted by molar-refractivity contribution is 5.85. The molecule has 98 valence electrons. The molecule has 4 heteroatoms. The second-order valence-corrected chi connectivity index (χ2v) is 5.96. The molecule has 3 rings (SSSR count). The van der Waals surface area contributed by atoms with Gasteiger partial charge in [0, 0.05) is 25.6 Å². The van der Waals surface area contributed by atoms with Crippen molar-refractivity contribution < 1.29 is 4.79 Å². The van der Waals surface area contributed by atoms with Crippen LogP contribution in [0.3, 0.4) is 0 Å². The lowest BCUT2D eigenvalue weighted by molar-refractivity contribution is -0.132. The molecule has 1 heterocycles. The number of carbonyl (C=O) groups is 1. The van der Waals surface area contributed by atoms with Crippen molar-refractivity contribution in [3.05, 3.63) is 0 Å². The number of hydrogen-bond acceptors (Lipinski definition) is 2. The summed E-state index contributed by atoms with van der Waals surface area (Å²) in [5.74, 6) is 2.40. The molecule has 3 unspecified atom stereocenters. The van der Waals surface area contributed by atoms with Crippen LogP contribution in [0.4, 0.5) is 0 Å². The van der Waals surface area contributed by atoms with Crippen molar-refractivity contribution in [2.75, 3.05) is 13.1 Å². The van der Waals surface area contributed by atoms with Crippen LogP contribution in [0.2, 0.25) is 0 Å². The molecule has 3 atom stereocenters. The molecule has 2 aliphatic carbocycles. The van der Waals surface area contributed by atoms with Crippen molar-refractivity contribution >= 4 is 18.3 Å². The molecule has 0 aromatic heterocycles. The first-order valence-corrected chi connectivity index (χ1v) is 6.77. The highest BCUT2D eigenvalue weighted by Crippen LogP contribution is 2.38. The zero-order chi connectivity index (χ0) is 11.1. The van der Waals surface area contributed by atoms with E-state index < -0.39 is 0 Å². The normalized spacial score (nSPS) is 36.3. The van der Waals surface area contributed by atoms with Gasteiger partial charge in [0.1, 0.15) is 0 Å². The summed E-state index contributed by atoms with van der Waals surface area (Å²) < 4.78 is 0. The van der Waals surface area contributed by atoms with E-state index in [0.717, 1.165) is 19.5 Å². The van der Waals surface area contributed by atoms with Crippen LogP contribution in [-0.4, -0.2) is 29.9 Å². The number of rotatable bonds is 2. The van der Waals surface area contributed by atoms with Gasteiger partial charge in [0.05, 0.1) is 0 Å². The van der Waals surface area contributed by atoms with Gasteiger partial charge in [-0.25, -0.2) is 0 Å². The van der Waals surface area contributed by atoms with Gasteiger partial charge in [0.25, 0.3) is 0 Å². The minimum absolute atomic E-state index is 0. The standard InChI is InChI=1S/C13H22N2O.ClH/c14-12-5-4-10-7-15(8-11(10)12)13(16)6-9-2-1-3-9;/h9-12H,1-8,14H2;1H. The van der Waals surface area contributed by atoms with Gasteiger partial charge >= 0.3 is 0 Å². The molecule has 0 aromatic carbocycles. The maximum atomic E-state index is 12.1. The molecule has 3 aliphatic rings. The van der Waals surface area contributed by atoms with E-state index in [1.807, 2.05) is 0 Å². The van der Waals surface area contributed by atoms with E-state index >= 15 is 0 Å². The Morgan fingerprint density at radius 1 is 1.18 bits per heavy atom. The van der Waals surface area contributed by atoms with E-state index in [2.05, 4.69) is 4.90 Å². The Kier molecular flexibility index (Phi) is 3.99. The average molecular weight is 259 g/mol. The van der Waals surface area contributed by atoms with Crippen molar-refractivity contribution in [3.63, 3.8) is 0 Å². The maximum absolute atomic E-state index is 12.1. The summed E-state index contributed by atoms with van der Waals surface area (Å²) in [6.07, 6.45) is 7.07. The molecule has 17 heavy (non-hydrogen) atoms. The Labute approximate surface area is 110 Å². The molecule has 0 spiro atoms. The third kappa shape index (κ3) is 2.45. The second kappa shape index (κ2) is 5.15. The van der Waals surface area contributed by atoms with Crippen molar-refractivity contribution in [1.82, 2.24) is 4.90 Å². The molecular weight excluding hydrogens is 236 g/mol. The largest absolute Gasteiger partial charge is 0.342 e. The number of hydrogen-bond donors (Lipinski definition) is 1. The van der Waals surface area contributed by atoms with Crippen molar-refractivity contribution in [2.24, 2.45) is 23.5 Å². The zero-order valence-corrected chi connectivity index (χ0v) is 11.1. The third-order valence-corrected chi connectivity index (χ3v) is 4.95. The Hall–Kier alpha value is -0.280. The van der Waals surface area contributed by atoms with Gasteiger partial charge in [-0.1, -0.05) is 6.42 Å². The van der Waals surface area contributed by atoms with Crippen molar-refractivity contribution in [3.8, 4) is 0 Å². The van der Waals surface area contributed by atoms with E-state index in [4.69, 9.17) is 5.73 Å². The van der Waals surface area contributed by atoms with Gasteiger partial charge < -0.3 is 10.6 Å². The molecule has 2 saturated carbocycles. The van der Waals surface area contributed by atoms with E-state index in [1.165, 1.54) is 32.1 Å². The Bertz CT molecular complexity index is 293. The van der Waals surface area contributed by atoms with E-state index in [1.54, 1.807) is 0 Å². The fourth-order valence-electron chi connectivity index (χ4n) is 3.58. The number of carbonyl (C=O) groups excluding carboxylic acids is 1. The molecule has 1 saturated heterocycles. The number of likely N-dealkylation sites (tertiary alicyclic amines) is 1. The van der Waals surface area contributed by atoms with Crippen LogP contribution < -0.4 is 5.73 Å². The molecule has 1 amide bonds. The predicted octanol–water partition coefficient (Wildman–Crippen LogP) is 1.79. The summed E-state index contributed by atoms with van der Waals surface area (Å²) in [5.41, 5.74) is 6.08. The van der Waals surface area contributed by atoms with Crippen LogP contribution >= 0.6 is 12.4 Å². The van der Waals surface area contributed by atoms with Gasteiger partial charge in [-0.15, -0.1) is 12.4 Å². The smallest absolute Gasteiger partial charge is 0.222 e. The van der Waals surface area contributed by atoms with Crippen LogP contribution in [0, 0.1) is 17.8 Å². The van der Waals surface area contributed by atoms with Gasteiger partial charge in [-0.05, 0) is 43.4 Å². The van der Waals surface area contributed by atoms with Gasteiger partial charge in [0.15, 0.2) is 0 Å². The number of amides is 1. The van der Waals surface area contributed by atoms with E-state index in [9.17, 15) is 4.79 Å². The number of nitrogens with zero attached hydrogens (tertiary/aromatic N) is 1. The third-order valence-electron chi connectivity index (χ3n) is 4.95. The first-order chi connectivity index (χ1) is 7.74. The van der Waals surface area contributed by atoms with Gasteiger partial charge in [0.2, 0.25) is 5.91 Å². The quantitative estimate of drug-likeness (QED) is 0.821. The van der Waals surface area contributed by atoms with E-state index in [0.29, 0.717) is 29.7 Å². The fraction of sp³-hybridized carbons (Fsp3) is 0.923. The molecule has 3 nitrogen and oxygen atoms in total.